The van der Waals surface area contributed by atoms with E-state index in [1.165, 1.54) is 25.0 Å². The number of benzene rings is 4. The zero-order valence-electron chi connectivity index (χ0n) is 30.7. The van der Waals surface area contributed by atoms with Crippen LogP contribution in [0, 0.1) is 11.6 Å². The smallest absolute Gasteiger partial charge is 0.272 e. The van der Waals surface area contributed by atoms with Crippen molar-refractivity contribution in [1.82, 2.24) is 30.6 Å². The normalized spacial score (nSPS) is 17.8. The molecule has 3 aliphatic rings. The first-order chi connectivity index (χ1) is 26.6. The van der Waals surface area contributed by atoms with Crippen LogP contribution < -0.4 is 27.0 Å². The van der Waals surface area contributed by atoms with E-state index in [4.69, 9.17) is 0 Å². The van der Waals surface area contributed by atoms with Crippen LogP contribution in [-0.4, -0.2) is 82.2 Å². The molecule has 4 aromatic carbocycles. The zero-order valence-corrected chi connectivity index (χ0v) is 33.3. The Morgan fingerprint density at radius 2 is 1.05 bits per heavy atom. The second kappa shape index (κ2) is 16.7. The van der Waals surface area contributed by atoms with E-state index >= 15 is 0 Å². The number of nitrogens with one attached hydrogen (secondary N) is 3. The molecular weight excluding hydrogens is 776 g/mol. The van der Waals surface area contributed by atoms with E-state index in [1.54, 1.807) is 42.5 Å². The molecule has 10 nitrogen and oxygen atoms in total. The Kier molecular flexibility index (Phi) is 11.9. The summed E-state index contributed by atoms with van der Waals surface area (Å²) < 4.78 is 55.8. The SMILES string of the molecule is Cl.O=c1[nH]nc(Cc2ccc(F)c(P3(=O)CCN(C4CC4)CC3)c2)c2ccccc12.O=c1[nH]nc(Cc2ccc(F)c(P3(=O)CCNCC3)c2)c2ccccc12. The first kappa shape index (κ1) is 39.9. The van der Waals surface area contributed by atoms with E-state index < -0.39 is 20.1 Å². The fraction of sp³-hybridized carbons (Fsp3) is 0.317. The first-order valence-electron chi connectivity index (χ1n) is 18.7. The van der Waals surface area contributed by atoms with E-state index in [-0.39, 0.29) is 29.3 Å². The Bertz CT molecular complexity index is 2610. The average molecular weight is 819 g/mol. The van der Waals surface area contributed by atoms with Crippen LogP contribution >= 0.6 is 26.7 Å². The molecule has 2 aromatic heterocycles. The van der Waals surface area contributed by atoms with Gasteiger partial charge >= 0.3 is 0 Å². The Morgan fingerprint density at radius 3 is 1.50 bits per heavy atom. The van der Waals surface area contributed by atoms with Gasteiger partial charge in [-0.3, -0.25) is 14.5 Å². The Balaban J connectivity index is 0.000000170. The second-order valence-corrected chi connectivity index (χ2v) is 21.0. The lowest BCUT2D eigenvalue weighted by molar-refractivity contribution is 0.285. The highest BCUT2D eigenvalue weighted by Gasteiger charge is 2.38. The number of aromatic nitrogens is 4. The van der Waals surface area contributed by atoms with Gasteiger partial charge in [-0.05, 0) is 60.4 Å². The number of rotatable bonds is 7. The van der Waals surface area contributed by atoms with Crippen molar-refractivity contribution < 1.29 is 17.9 Å². The number of fused-ring (bicyclic) bond motifs is 2. The number of nitrogens with zero attached hydrogens (tertiary/aromatic N) is 3. The molecule has 0 radical (unpaired) electrons. The van der Waals surface area contributed by atoms with Crippen LogP contribution in [-0.2, 0) is 22.0 Å². The van der Waals surface area contributed by atoms with E-state index in [0.29, 0.717) is 83.7 Å². The van der Waals surface area contributed by atoms with Gasteiger partial charge in [0.15, 0.2) is 0 Å². The van der Waals surface area contributed by atoms with Crippen molar-refractivity contribution in [3.8, 4) is 0 Å². The summed E-state index contributed by atoms with van der Waals surface area (Å²) in [6, 6.07) is 24.9. The largest absolute Gasteiger partial charge is 0.318 e. The summed E-state index contributed by atoms with van der Waals surface area (Å²) in [5.41, 5.74) is 2.66. The van der Waals surface area contributed by atoms with Gasteiger partial charge in [-0.15, -0.1) is 12.4 Å². The van der Waals surface area contributed by atoms with Crippen molar-refractivity contribution in [3.05, 3.63) is 140 Å². The van der Waals surface area contributed by atoms with E-state index in [1.807, 2.05) is 30.3 Å². The second-order valence-electron chi connectivity index (χ2n) is 14.7. The third kappa shape index (κ3) is 8.36. The molecule has 0 bridgehead atoms. The number of hydrogen-bond donors (Lipinski definition) is 3. The third-order valence-corrected chi connectivity index (χ3v) is 17.2. The predicted octanol–water partition coefficient (Wildman–Crippen LogP) is 5.79. The molecule has 3 N–H and O–H groups in total. The average Bonchev–Trinajstić information content (AvgIpc) is 4.05. The minimum absolute atomic E-state index is 0. The molecule has 9 rings (SSSR count). The molecule has 6 aromatic rings. The van der Waals surface area contributed by atoms with Crippen molar-refractivity contribution >= 4 is 58.8 Å². The summed E-state index contributed by atoms with van der Waals surface area (Å²) in [5, 5.41) is 20.0. The highest BCUT2D eigenvalue weighted by molar-refractivity contribution is 7.72. The van der Waals surface area contributed by atoms with Crippen LogP contribution in [0.3, 0.4) is 0 Å². The molecule has 0 amide bonds. The molecule has 0 spiro atoms. The lowest BCUT2D eigenvalue weighted by Crippen LogP contribution is -2.38. The molecule has 3 fully saturated rings. The Labute approximate surface area is 328 Å². The number of H-pyrrole nitrogens is 2. The maximum atomic E-state index is 14.7. The van der Waals surface area contributed by atoms with Gasteiger partial charge in [0.1, 0.15) is 25.9 Å². The predicted molar refractivity (Wildman–Crippen MR) is 222 cm³/mol. The van der Waals surface area contributed by atoms with Crippen molar-refractivity contribution in [2.75, 3.05) is 50.8 Å². The lowest BCUT2D eigenvalue weighted by atomic mass is 10.0. The first-order valence-corrected chi connectivity index (χ1v) is 22.9. The van der Waals surface area contributed by atoms with Gasteiger partial charge in [0.2, 0.25) is 0 Å². The molecule has 15 heteroatoms. The maximum Gasteiger partial charge on any atom is 0.272 e. The molecule has 2 saturated heterocycles. The van der Waals surface area contributed by atoms with Crippen LogP contribution in [0.4, 0.5) is 8.78 Å². The van der Waals surface area contributed by atoms with E-state index in [9.17, 15) is 27.5 Å². The van der Waals surface area contributed by atoms with Crippen molar-refractivity contribution in [1.29, 1.82) is 0 Å². The highest BCUT2D eigenvalue weighted by Crippen LogP contribution is 2.49. The van der Waals surface area contributed by atoms with Crippen LogP contribution in [0.15, 0.2) is 94.5 Å². The molecule has 1 saturated carbocycles. The van der Waals surface area contributed by atoms with Gasteiger partial charge in [-0.25, -0.2) is 19.0 Å². The zero-order chi connectivity index (χ0) is 38.2. The molecule has 0 atom stereocenters. The summed E-state index contributed by atoms with van der Waals surface area (Å²) >= 11 is 0. The van der Waals surface area contributed by atoms with Crippen LogP contribution in [0.1, 0.15) is 35.4 Å². The maximum absolute atomic E-state index is 14.7. The summed E-state index contributed by atoms with van der Waals surface area (Å²) in [6.07, 6.45) is 5.39. The van der Waals surface area contributed by atoms with Gasteiger partial charge < -0.3 is 14.4 Å². The summed E-state index contributed by atoms with van der Waals surface area (Å²) in [5.74, 6) is -0.783. The van der Waals surface area contributed by atoms with Crippen LogP contribution in [0.2, 0.25) is 0 Å². The van der Waals surface area contributed by atoms with Crippen molar-refractivity contribution in [3.63, 3.8) is 0 Å². The Hall–Kier alpha value is -4.31. The third-order valence-electron chi connectivity index (χ3n) is 11.1. The summed E-state index contributed by atoms with van der Waals surface area (Å²) in [7, 11) is -5.44. The molecule has 4 heterocycles. The van der Waals surface area contributed by atoms with Crippen molar-refractivity contribution in [2.45, 2.75) is 31.7 Å². The number of aromatic amines is 2. The van der Waals surface area contributed by atoms with Gasteiger partial charge in [0.05, 0.1) is 22.2 Å². The molecular formula is C41H43ClF2N6O4P2. The lowest BCUT2D eigenvalue weighted by Gasteiger charge is -2.32. The highest BCUT2D eigenvalue weighted by atomic mass is 35.5. The van der Waals surface area contributed by atoms with Gasteiger partial charge in [-0.2, -0.15) is 10.2 Å². The van der Waals surface area contributed by atoms with E-state index in [0.717, 1.165) is 40.7 Å². The monoisotopic (exact) mass is 818 g/mol. The molecule has 0 unspecified atom stereocenters. The number of halogens is 3. The van der Waals surface area contributed by atoms with Crippen molar-refractivity contribution in [2.24, 2.45) is 0 Å². The molecule has 292 valence electrons. The van der Waals surface area contributed by atoms with E-state index in [2.05, 4.69) is 30.6 Å². The Morgan fingerprint density at radius 1 is 0.625 bits per heavy atom. The molecule has 56 heavy (non-hydrogen) atoms. The molecule has 1 aliphatic carbocycles. The fourth-order valence-electron chi connectivity index (χ4n) is 7.81. The number of hydrogen-bond acceptors (Lipinski definition) is 8. The quantitative estimate of drug-likeness (QED) is 0.172. The van der Waals surface area contributed by atoms with Crippen LogP contribution in [0.25, 0.3) is 21.5 Å². The summed E-state index contributed by atoms with van der Waals surface area (Å²) in [4.78, 5) is 26.3. The van der Waals surface area contributed by atoms with Gasteiger partial charge in [0, 0.05) is 91.1 Å². The molecule has 2 aliphatic heterocycles. The van der Waals surface area contributed by atoms with Gasteiger partial charge in [0.25, 0.3) is 11.1 Å². The topological polar surface area (TPSA) is 141 Å². The minimum Gasteiger partial charge on any atom is -0.318 e. The van der Waals surface area contributed by atoms with Crippen LogP contribution in [0.5, 0.6) is 0 Å². The summed E-state index contributed by atoms with van der Waals surface area (Å²) in [6.45, 7) is 2.87. The van der Waals surface area contributed by atoms with Gasteiger partial charge in [-0.1, -0.05) is 48.5 Å². The fourth-order valence-corrected chi connectivity index (χ4v) is 13.1. The standard InChI is InChI=1S/C22H23FN3O2P.C19H19FN3O2P.ClH/c23-19-8-5-15(13-20-17-3-1-2-4-18(17)22(27)25-24-20)14-21(19)29(28)11-9-26(10-12-29)16-6-7-16;20-16-6-5-13(12-18(16)26(25)9-7-21-8-10-26)11-17-14-3-1-2-4-15(14)19(24)23-22-17;/h1-5,8,14,16H,6-7,9-13H2,(H,25,27);1-6,12,21H,7-11H2,(H,23,24);1H. The minimum atomic E-state index is -2.74.